The number of hydrogen-bond acceptors (Lipinski definition) is 6. The maximum Gasteiger partial charge on any atom is 0.408 e. The van der Waals surface area contributed by atoms with Crippen molar-refractivity contribution in [3.63, 3.8) is 0 Å². The zero-order valence-electron chi connectivity index (χ0n) is 10.9. The van der Waals surface area contributed by atoms with Crippen molar-refractivity contribution in [3.8, 4) is 0 Å². The fraction of sp³-hybridized carbons (Fsp3) is 0.600. The summed E-state index contributed by atoms with van der Waals surface area (Å²) in [5.41, 5.74) is 0. The SMILES string of the molecule is CNC(=O)OC1CCN(C)C(=O)N1c1nnc(C)s1. The van der Waals surface area contributed by atoms with Crippen LogP contribution < -0.4 is 10.2 Å². The number of anilines is 1. The summed E-state index contributed by atoms with van der Waals surface area (Å²) in [5, 5.41) is 11.4. The fourth-order valence-corrected chi connectivity index (χ4v) is 2.44. The van der Waals surface area contributed by atoms with Crippen molar-refractivity contribution < 1.29 is 14.3 Å². The maximum absolute atomic E-state index is 12.2. The predicted octanol–water partition coefficient (Wildman–Crippen LogP) is 0.791. The zero-order valence-corrected chi connectivity index (χ0v) is 11.7. The molecule has 9 heteroatoms. The van der Waals surface area contributed by atoms with Gasteiger partial charge in [0.05, 0.1) is 0 Å². The summed E-state index contributed by atoms with van der Waals surface area (Å²) in [5.74, 6) is 0. The third kappa shape index (κ3) is 2.75. The van der Waals surface area contributed by atoms with Crippen molar-refractivity contribution in [2.24, 2.45) is 0 Å². The molecule has 104 valence electrons. The normalized spacial score (nSPS) is 19.5. The van der Waals surface area contributed by atoms with Crippen LogP contribution in [0.1, 0.15) is 11.4 Å². The summed E-state index contributed by atoms with van der Waals surface area (Å²) in [6.07, 6.45) is -0.710. The van der Waals surface area contributed by atoms with Crippen molar-refractivity contribution in [1.29, 1.82) is 0 Å². The number of amides is 3. The van der Waals surface area contributed by atoms with E-state index < -0.39 is 12.3 Å². The van der Waals surface area contributed by atoms with Crippen LogP contribution in [0.3, 0.4) is 0 Å². The number of ether oxygens (including phenoxy) is 1. The highest BCUT2D eigenvalue weighted by atomic mass is 32.1. The van der Waals surface area contributed by atoms with Gasteiger partial charge >= 0.3 is 12.1 Å². The Morgan fingerprint density at radius 1 is 1.53 bits per heavy atom. The Morgan fingerprint density at radius 2 is 2.26 bits per heavy atom. The average molecular weight is 285 g/mol. The number of hydrogen-bond donors (Lipinski definition) is 1. The molecule has 0 radical (unpaired) electrons. The molecule has 1 unspecified atom stereocenters. The Balaban J connectivity index is 2.25. The molecule has 8 nitrogen and oxygen atoms in total. The molecule has 1 aromatic heterocycles. The number of nitrogens with one attached hydrogen (secondary N) is 1. The van der Waals surface area contributed by atoms with Crippen LogP contribution in [0.15, 0.2) is 0 Å². The van der Waals surface area contributed by atoms with Crippen LogP contribution in [0.5, 0.6) is 0 Å². The first-order chi connectivity index (χ1) is 9.02. The van der Waals surface area contributed by atoms with Crippen LogP contribution in [-0.2, 0) is 4.74 Å². The first kappa shape index (κ1) is 13.5. The van der Waals surface area contributed by atoms with Gasteiger partial charge < -0.3 is 15.0 Å². The third-order valence-corrected chi connectivity index (χ3v) is 3.54. The Hall–Kier alpha value is -1.90. The lowest BCUT2D eigenvalue weighted by Gasteiger charge is -2.37. The van der Waals surface area contributed by atoms with Crippen LogP contribution in [0.4, 0.5) is 14.7 Å². The number of aromatic nitrogens is 2. The molecule has 0 spiro atoms. The molecule has 19 heavy (non-hydrogen) atoms. The van der Waals surface area contributed by atoms with E-state index in [9.17, 15) is 9.59 Å². The number of carbonyl (C=O) groups excluding carboxylic acids is 2. The summed E-state index contributed by atoms with van der Waals surface area (Å²) in [6, 6.07) is -0.253. The van der Waals surface area contributed by atoms with Crippen molar-refractivity contribution in [2.45, 2.75) is 19.6 Å². The number of carbonyl (C=O) groups is 2. The van der Waals surface area contributed by atoms with Gasteiger partial charge in [0.2, 0.25) is 5.13 Å². The van der Waals surface area contributed by atoms with E-state index in [1.165, 1.54) is 23.3 Å². The summed E-state index contributed by atoms with van der Waals surface area (Å²) in [7, 11) is 3.16. The first-order valence-electron chi connectivity index (χ1n) is 5.75. The first-order valence-corrected chi connectivity index (χ1v) is 6.57. The van der Waals surface area contributed by atoms with Crippen molar-refractivity contribution in [1.82, 2.24) is 20.4 Å². The molecule has 0 saturated carbocycles. The van der Waals surface area contributed by atoms with E-state index in [4.69, 9.17) is 4.74 Å². The highest BCUT2D eigenvalue weighted by Crippen LogP contribution is 2.27. The zero-order chi connectivity index (χ0) is 14.0. The van der Waals surface area contributed by atoms with Gasteiger partial charge in [0.25, 0.3) is 0 Å². The molecule has 1 saturated heterocycles. The lowest BCUT2D eigenvalue weighted by atomic mass is 10.3. The lowest BCUT2D eigenvalue weighted by molar-refractivity contribution is 0.0758. The molecular formula is C10H15N5O3S. The number of aryl methyl sites for hydroxylation is 1. The molecule has 1 N–H and O–H groups in total. The van der Waals surface area contributed by atoms with Crippen LogP contribution >= 0.6 is 11.3 Å². The molecule has 1 aromatic rings. The molecular weight excluding hydrogens is 270 g/mol. The molecule has 0 aliphatic carbocycles. The van der Waals surface area contributed by atoms with Gasteiger partial charge in [0.1, 0.15) is 5.01 Å². The van der Waals surface area contributed by atoms with E-state index in [0.717, 1.165) is 5.01 Å². The highest BCUT2D eigenvalue weighted by Gasteiger charge is 2.37. The number of nitrogens with zero attached hydrogens (tertiary/aromatic N) is 4. The quantitative estimate of drug-likeness (QED) is 0.868. The lowest BCUT2D eigenvalue weighted by Crippen LogP contribution is -2.55. The molecule has 1 fully saturated rings. The molecule has 1 aliphatic heterocycles. The largest absolute Gasteiger partial charge is 0.425 e. The fourth-order valence-electron chi connectivity index (χ4n) is 1.72. The number of alkyl carbamates (subject to hydrolysis) is 1. The molecule has 0 aromatic carbocycles. The topological polar surface area (TPSA) is 87.7 Å². The van der Waals surface area contributed by atoms with Crippen LogP contribution in [0, 0.1) is 6.92 Å². The van der Waals surface area contributed by atoms with Crippen molar-refractivity contribution in [3.05, 3.63) is 5.01 Å². The van der Waals surface area contributed by atoms with E-state index in [0.29, 0.717) is 18.1 Å². The number of rotatable bonds is 2. The summed E-state index contributed by atoms with van der Waals surface area (Å²) >= 11 is 1.28. The van der Waals surface area contributed by atoms with Gasteiger partial charge in [-0.05, 0) is 6.92 Å². The summed E-state index contributed by atoms with van der Waals surface area (Å²) < 4.78 is 5.20. The summed E-state index contributed by atoms with van der Waals surface area (Å²) in [4.78, 5) is 26.4. The minimum absolute atomic E-state index is 0.253. The maximum atomic E-state index is 12.2. The Morgan fingerprint density at radius 3 is 2.84 bits per heavy atom. The molecule has 2 rings (SSSR count). The molecule has 2 heterocycles. The Bertz CT molecular complexity index is 491. The Kier molecular flexibility index (Phi) is 3.84. The van der Waals surface area contributed by atoms with E-state index >= 15 is 0 Å². The second-order valence-electron chi connectivity index (χ2n) is 4.08. The predicted molar refractivity (Wildman–Crippen MR) is 69.1 cm³/mol. The second-order valence-corrected chi connectivity index (χ2v) is 5.24. The minimum atomic E-state index is -0.656. The van der Waals surface area contributed by atoms with Gasteiger partial charge in [-0.3, -0.25) is 0 Å². The van der Waals surface area contributed by atoms with Gasteiger partial charge in [-0.25, -0.2) is 14.5 Å². The van der Waals surface area contributed by atoms with Crippen molar-refractivity contribution >= 4 is 28.6 Å². The summed E-state index contributed by atoms with van der Waals surface area (Å²) in [6.45, 7) is 2.32. The van der Waals surface area contributed by atoms with Gasteiger partial charge in [0.15, 0.2) is 6.23 Å². The molecule has 1 atom stereocenters. The highest BCUT2D eigenvalue weighted by molar-refractivity contribution is 7.15. The van der Waals surface area contributed by atoms with E-state index in [2.05, 4.69) is 15.5 Å². The third-order valence-electron chi connectivity index (χ3n) is 2.70. The Labute approximate surface area is 114 Å². The van der Waals surface area contributed by atoms with Crippen LogP contribution in [0.2, 0.25) is 0 Å². The monoisotopic (exact) mass is 285 g/mol. The standard InChI is InChI=1S/C10H15N5O3S/c1-6-12-13-8(19-6)15-7(18-9(16)11-2)4-5-14(3)10(15)17/h7H,4-5H2,1-3H3,(H,11,16). The van der Waals surface area contributed by atoms with E-state index in [1.54, 1.807) is 18.9 Å². The molecule has 0 bridgehead atoms. The van der Waals surface area contributed by atoms with Gasteiger partial charge in [-0.15, -0.1) is 10.2 Å². The van der Waals surface area contributed by atoms with Crippen molar-refractivity contribution in [2.75, 3.05) is 25.5 Å². The molecule has 1 aliphatic rings. The van der Waals surface area contributed by atoms with E-state index in [1.807, 2.05) is 0 Å². The minimum Gasteiger partial charge on any atom is -0.425 e. The molecule has 3 amide bonds. The van der Waals surface area contributed by atoms with Gasteiger partial charge in [0, 0.05) is 27.1 Å². The van der Waals surface area contributed by atoms with Gasteiger partial charge in [-0.2, -0.15) is 0 Å². The van der Waals surface area contributed by atoms with E-state index in [-0.39, 0.29) is 6.03 Å². The second kappa shape index (κ2) is 5.39. The number of urea groups is 1. The smallest absolute Gasteiger partial charge is 0.408 e. The van der Waals surface area contributed by atoms with Gasteiger partial charge in [-0.1, -0.05) is 11.3 Å². The van der Waals surface area contributed by atoms with Crippen LogP contribution in [-0.4, -0.2) is 54.1 Å². The van der Waals surface area contributed by atoms with Crippen LogP contribution in [0.25, 0.3) is 0 Å². The average Bonchev–Trinajstić information content (AvgIpc) is 2.80.